The molecule has 2 N–H and O–H groups in total. The van der Waals surface area contributed by atoms with Crippen molar-refractivity contribution < 1.29 is 4.79 Å². The van der Waals surface area contributed by atoms with E-state index in [4.69, 9.17) is 0 Å². The van der Waals surface area contributed by atoms with E-state index in [1.165, 1.54) is 12.8 Å². The first kappa shape index (κ1) is 13.9. The molecule has 0 bridgehead atoms. The number of aromatic nitrogens is 2. The quantitative estimate of drug-likeness (QED) is 0.853. The highest BCUT2D eigenvalue weighted by molar-refractivity contribution is 5.84. The number of hydrogen-bond donors (Lipinski definition) is 2. The molecular formula is C14H24N4O. The van der Waals surface area contributed by atoms with Gasteiger partial charge in [0.25, 0.3) is 0 Å². The van der Waals surface area contributed by atoms with Gasteiger partial charge in [0.05, 0.1) is 11.4 Å². The molecule has 1 saturated carbocycles. The van der Waals surface area contributed by atoms with Crippen molar-refractivity contribution in [2.24, 2.45) is 7.05 Å². The summed E-state index contributed by atoms with van der Waals surface area (Å²) >= 11 is 0. The van der Waals surface area contributed by atoms with E-state index in [1.54, 1.807) is 4.68 Å². The number of nitrogens with zero attached hydrogens (tertiary/aromatic N) is 2. The highest BCUT2D eigenvalue weighted by atomic mass is 16.2. The molecule has 19 heavy (non-hydrogen) atoms. The van der Waals surface area contributed by atoms with Gasteiger partial charge in [0.1, 0.15) is 6.04 Å². The average molecular weight is 264 g/mol. The predicted molar refractivity (Wildman–Crippen MR) is 76.1 cm³/mol. The molecule has 1 heterocycles. The zero-order valence-corrected chi connectivity index (χ0v) is 12.1. The normalized spacial score (nSPS) is 17.4. The maximum absolute atomic E-state index is 12.1. The minimum atomic E-state index is -0.227. The van der Waals surface area contributed by atoms with E-state index < -0.39 is 0 Å². The monoisotopic (exact) mass is 264 g/mol. The lowest BCUT2D eigenvalue weighted by Crippen LogP contribution is -2.42. The Morgan fingerprint density at radius 3 is 2.84 bits per heavy atom. The number of anilines is 1. The van der Waals surface area contributed by atoms with Gasteiger partial charge in [0.2, 0.25) is 5.91 Å². The summed E-state index contributed by atoms with van der Waals surface area (Å²) < 4.78 is 1.78. The van der Waals surface area contributed by atoms with E-state index in [-0.39, 0.29) is 11.9 Å². The number of nitrogens with one attached hydrogen (secondary N) is 2. The van der Waals surface area contributed by atoms with Gasteiger partial charge in [-0.25, -0.2) is 0 Å². The van der Waals surface area contributed by atoms with Gasteiger partial charge in [-0.3, -0.25) is 9.48 Å². The summed E-state index contributed by atoms with van der Waals surface area (Å²) in [5.74, 6) is 0.0813. The van der Waals surface area contributed by atoms with Crippen molar-refractivity contribution in [3.63, 3.8) is 0 Å². The SMILES string of the molecule is CCc1nn(C)cc1NC(C)C(=O)NC1CCCC1. The molecule has 106 valence electrons. The predicted octanol–water partition coefficient (Wildman–Crippen LogP) is 1.84. The van der Waals surface area contributed by atoms with Crippen LogP contribution >= 0.6 is 0 Å². The standard InChI is InChI=1S/C14H24N4O/c1-4-12-13(9-18(3)17-12)15-10(2)14(19)16-11-7-5-6-8-11/h9-11,15H,4-8H2,1-3H3,(H,16,19). The fraction of sp³-hybridized carbons (Fsp3) is 0.714. The van der Waals surface area contributed by atoms with Gasteiger partial charge in [0.15, 0.2) is 0 Å². The van der Waals surface area contributed by atoms with Crippen molar-refractivity contribution in [2.45, 2.75) is 58.0 Å². The van der Waals surface area contributed by atoms with Crippen molar-refractivity contribution in [1.29, 1.82) is 0 Å². The van der Waals surface area contributed by atoms with Crippen LogP contribution in [0.5, 0.6) is 0 Å². The van der Waals surface area contributed by atoms with Crippen molar-refractivity contribution in [2.75, 3.05) is 5.32 Å². The Morgan fingerprint density at radius 1 is 1.53 bits per heavy atom. The third kappa shape index (κ3) is 3.49. The Labute approximate surface area is 114 Å². The fourth-order valence-electron chi connectivity index (χ4n) is 2.61. The zero-order chi connectivity index (χ0) is 13.8. The summed E-state index contributed by atoms with van der Waals surface area (Å²) in [6.45, 7) is 3.97. The molecule has 0 spiro atoms. The molecule has 1 aliphatic rings. The smallest absolute Gasteiger partial charge is 0.242 e. The van der Waals surface area contributed by atoms with Crippen LogP contribution in [0.15, 0.2) is 6.20 Å². The van der Waals surface area contributed by atoms with Crippen LogP contribution in [0.1, 0.15) is 45.2 Å². The van der Waals surface area contributed by atoms with Gasteiger partial charge in [-0.05, 0) is 26.2 Å². The topological polar surface area (TPSA) is 59.0 Å². The van der Waals surface area contributed by atoms with Crippen LogP contribution in [-0.4, -0.2) is 27.8 Å². The molecule has 1 amide bonds. The molecule has 0 radical (unpaired) electrons. The van der Waals surface area contributed by atoms with Gasteiger partial charge in [-0.2, -0.15) is 5.10 Å². The largest absolute Gasteiger partial charge is 0.371 e. The molecule has 5 nitrogen and oxygen atoms in total. The van der Waals surface area contributed by atoms with E-state index in [2.05, 4.69) is 22.7 Å². The molecule has 1 aromatic rings. The van der Waals surface area contributed by atoms with E-state index in [0.717, 1.165) is 30.6 Å². The molecule has 0 saturated heterocycles. The lowest BCUT2D eigenvalue weighted by Gasteiger charge is -2.18. The van der Waals surface area contributed by atoms with E-state index in [1.807, 2.05) is 20.2 Å². The van der Waals surface area contributed by atoms with Crippen LogP contribution in [-0.2, 0) is 18.3 Å². The van der Waals surface area contributed by atoms with Crippen molar-refractivity contribution in [3.8, 4) is 0 Å². The first-order valence-electron chi connectivity index (χ1n) is 7.19. The number of carbonyl (C=O) groups is 1. The van der Waals surface area contributed by atoms with Gasteiger partial charge < -0.3 is 10.6 Å². The van der Waals surface area contributed by atoms with Crippen LogP contribution in [0.3, 0.4) is 0 Å². The molecule has 1 aromatic heterocycles. The molecule has 1 unspecified atom stereocenters. The summed E-state index contributed by atoms with van der Waals surface area (Å²) in [6, 6.07) is 0.145. The summed E-state index contributed by atoms with van der Waals surface area (Å²) in [6.07, 6.45) is 7.49. The van der Waals surface area contributed by atoms with Crippen LogP contribution in [0.25, 0.3) is 0 Å². The summed E-state index contributed by atoms with van der Waals surface area (Å²) in [7, 11) is 1.90. The molecule has 5 heteroatoms. The Kier molecular flexibility index (Phi) is 4.45. The van der Waals surface area contributed by atoms with Crippen LogP contribution in [0, 0.1) is 0 Å². The van der Waals surface area contributed by atoms with E-state index >= 15 is 0 Å². The van der Waals surface area contributed by atoms with Gasteiger partial charge in [-0.1, -0.05) is 19.8 Å². The minimum Gasteiger partial charge on any atom is -0.371 e. The molecule has 1 aliphatic carbocycles. The fourth-order valence-corrected chi connectivity index (χ4v) is 2.61. The second-order valence-electron chi connectivity index (χ2n) is 5.37. The number of hydrogen-bond acceptors (Lipinski definition) is 3. The maximum Gasteiger partial charge on any atom is 0.242 e. The summed E-state index contributed by atoms with van der Waals surface area (Å²) in [5, 5.41) is 10.7. The van der Waals surface area contributed by atoms with Gasteiger partial charge in [0, 0.05) is 19.3 Å². The number of rotatable bonds is 5. The Bertz CT molecular complexity index is 435. The highest BCUT2D eigenvalue weighted by Crippen LogP contribution is 2.18. The van der Waals surface area contributed by atoms with Crippen molar-refractivity contribution >= 4 is 11.6 Å². The maximum atomic E-state index is 12.1. The Balaban J connectivity index is 1.91. The van der Waals surface area contributed by atoms with Gasteiger partial charge >= 0.3 is 0 Å². The van der Waals surface area contributed by atoms with Crippen LogP contribution in [0.2, 0.25) is 0 Å². The van der Waals surface area contributed by atoms with Crippen LogP contribution in [0.4, 0.5) is 5.69 Å². The first-order chi connectivity index (χ1) is 9.10. The summed E-state index contributed by atoms with van der Waals surface area (Å²) in [4.78, 5) is 12.1. The van der Waals surface area contributed by atoms with Crippen molar-refractivity contribution in [3.05, 3.63) is 11.9 Å². The lowest BCUT2D eigenvalue weighted by molar-refractivity contribution is -0.122. The number of aryl methyl sites for hydroxylation is 2. The number of carbonyl (C=O) groups excluding carboxylic acids is 1. The molecule has 0 aromatic carbocycles. The third-order valence-electron chi connectivity index (χ3n) is 3.71. The van der Waals surface area contributed by atoms with Crippen LogP contribution < -0.4 is 10.6 Å². The average Bonchev–Trinajstić information content (AvgIpc) is 2.98. The van der Waals surface area contributed by atoms with E-state index in [0.29, 0.717) is 6.04 Å². The Hall–Kier alpha value is -1.52. The zero-order valence-electron chi connectivity index (χ0n) is 12.1. The summed E-state index contributed by atoms with van der Waals surface area (Å²) in [5.41, 5.74) is 1.96. The molecule has 1 atom stereocenters. The molecule has 1 fully saturated rings. The molecule has 2 rings (SSSR count). The Morgan fingerprint density at radius 2 is 2.21 bits per heavy atom. The molecular weight excluding hydrogens is 240 g/mol. The van der Waals surface area contributed by atoms with Crippen molar-refractivity contribution in [1.82, 2.24) is 15.1 Å². The highest BCUT2D eigenvalue weighted by Gasteiger charge is 2.21. The second-order valence-corrected chi connectivity index (χ2v) is 5.37. The minimum absolute atomic E-state index is 0.0813. The number of amides is 1. The first-order valence-corrected chi connectivity index (χ1v) is 7.19. The second kappa shape index (κ2) is 6.08. The molecule has 0 aliphatic heterocycles. The van der Waals surface area contributed by atoms with Gasteiger partial charge in [-0.15, -0.1) is 0 Å². The lowest BCUT2D eigenvalue weighted by atomic mass is 10.2. The van der Waals surface area contributed by atoms with E-state index in [9.17, 15) is 4.79 Å². The third-order valence-corrected chi connectivity index (χ3v) is 3.71.